The summed E-state index contributed by atoms with van der Waals surface area (Å²) in [5.41, 5.74) is 0.403. The normalized spacial score (nSPS) is 20.7. The zero-order valence-electron chi connectivity index (χ0n) is 15.5. The molecule has 1 aromatic rings. The van der Waals surface area contributed by atoms with Gasteiger partial charge in [0.2, 0.25) is 0 Å². The lowest BCUT2D eigenvalue weighted by Crippen LogP contribution is -2.54. The highest BCUT2D eigenvalue weighted by Gasteiger charge is 2.31. The number of nitrogens with zero attached hydrogens (tertiary/aromatic N) is 1. The number of rotatable bonds is 3. The van der Waals surface area contributed by atoms with Crippen molar-refractivity contribution in [2.24, 2.45) is 5.92 Å². The van der Waals surface area contributed by atoms with Crippen LogP contribution in [0.25, 0.3) is 0 Å². The van der Waals surface area contributed by atoms with Gasteiger partial charge in [0.05, 0.1) is 6.04 Å². The van der Waals surface area contributed by atoms with E-state index < -0.39 is 11.7 Å². The minimum absolute atomic E-state index is 0.145. The molecule has 6 nitrogen and oxygen atoms in total. The molecule has 0 saturated carbocycles. The summed E-state index contributed by atoms with van der Waals surface area (Å²) in [5.74, 6) is 0.269. The molecule has 138 valence electrons. The molecule has 1 aliphatic rings. The Labute approximate surface area is 149 Å². The van der Waals surface area contributed by atoms with E-state index >= 15 is 0 Å². The second-order valence-electron chi connectivity index (χ2n) is 7.50. The first-order valence-electron chi connectivity index (χ1n) is 8.70. The van der Waals surface area contributed by atoms with Gasteiger partial charge in [-0.05, 0) is 38.7 Å². The van der Waals surface area contributed by atoms with Crippen molar-refractivity contribution in [3.8, 4) is 0 Å². The topological polar surface area (TPSA) is 67.9 Å². The highest BCUT2D eigenvalue weighted by Crippen LogP contribution is 2.19. The molecule has 0 radical (unpaired) electrons. The first-order chi connectivity index (χ1) is 11.7. The Bertz CT molecular complexity index is 583. The number of nitrogens with one attached hydrogen (secondary N) is 1. The molecule has 0 aromatic heterocycles. The van der Waals surface area contributed by atoms with E-state index in [4.69, 9.17) is 9.47 Å². The van der Waals surface area contributed by atoms with Crippen LogP contribution in [0.15, 0.2) is 30.3 Å². The maximum Gasteiger partial charge on any atom is 0.410 e. The maximum atomic E-state index is 12.3. The summed E-state index contributed by atoms with van der Waals surface area (Å²) in [6.07, 6.45) is -0.00318. The van der Waals surface area contributed by atoms with E-state index in [9.17, 15) is 9.59 Å². The molecule has 0 aliphatic carbocycles. The van der Waals surface area contributed by atoms with Crippen molar-refractivity contribution < 1.29 is 19.1 Å². The van der Waals surface area contributed by atoms with Crippen LogP contribution in [0.5, 0.6) is 0 Å². The van der Waals surface area contributed by atoms with E-state index in [1.165, 1.54) is 0 Å². The summed E-state index contributed by atoms with van der Waals surface area (Å²) in [4.78, 5) is 25.9. The fraction of sp³-hybridized carbons (Fsp3) is 0.579. The molecule has 1 aromatic carbocycles. The number of piperidine rings is 1. The molecular formula is C19H28N2O4. The summed E-state index contributed by atoms with van der Waals surface area (Å²) in [6.45, 7) is 8.83. The van der Waals surface area contributed by atoms with Gasteiger partial charge in [-0.25, -0.2) is 9.59 Å². The lowest BCUT2D eigenvalue weighted by Gasteiger charge is -2.37. The summed E-state index contributed by atoms with van der Waals surface area (Å²) in [5, 5.41) is 2.87. The predicted octanol–water partition coefficient (Wildman–Crippen LogP) is 3.56. The van der Waals surface area contributed by atoms with Gasteiger partial charge in [0, 0.05) is 13.1 Å². The van der Waals surface area contributed by atoms with Crippen LogP contribution >= 0.6 is 0 Å². The zero-order valence-corrected chi connectivity index (χ0v) is 15.5. The van der Waals surface area contributed by atoms with Crippen LogP contribution < -0.4 is 5.32 Å². The number of carbonyl (C=O) groups excluding carboxylic acids is 2. The summed E-state index contributed by atoms with van der Waals surface area (Å²) in [6, 6.07) is 9.42. The van der Waals surface area contributed by atoms with E-state index in [0.717, 1.165) is 12.0 Å². The molecule has 1 fully saturated rings. The number of benzene rings is 1. The van der Waals surface area contributed by atoms with Gasteiger partial charge in [-0.3, -0.25) is 0 Å². The van der Waals surface area contributed by atoms with Gasteiger partial charge in [-0.15, -0.1) is 0 Å². The van der Waals surface area contributed by atoms with Gasteiger partial charge in [0.25, 0.3) is 0 Å². The Balaban J connectivity index is 1.86. The Morgan fingerprint density at radius 1 is 1.24 bits per heavy atom. The third-order valence-corrected chi connectivity index (χ3v) is 4.12. The van der Waals surface area contributed by atoms with E-state index in [-0.39, 0.29) is 24.7 Å². The second-order valence-corrected chi connectivity index (χ2v) is 7.50. The number of amides is 2. The van der Waals surface area contributed by atoms with Crippen LogP contribution in [-0.2, 0) is 16.1 Å². The SMILES string of the molecule is C[C@H]1CCN(C(=O)OCc2ccccc2)C[C@H]1NC(=O)OC(C)(C)C. The second kappa shape index (κ2) is 8.23. The number of likely N-dealkylation sites (tertiary alicyclic amines) is 1. The Kier molecular flexibility index (Phi) is 6.28. The van der Waals surface area contributed by atoms with Gasteiger partial charge < -0.3 is 19.7 Å². The number of hydrogen-bond donors (Lipinski definition) is 1. The van der Waals surface area contributed by atoms with Crippen molar-refractivity contribution in [2.75, 3.05) is 13.1 Å². The van der Waals surface area contributed by atoms with Crippen LogP contribution in [0, 0.1) is 5.92 Å². The van der Waals surface area contributed by atoms with Crippen LogP contribution in [0.1, 0.15) is 39.7 Å². The third kappa shape index (κ3) is 6.29. The van der Waals surface area contributed by atoms with E-state index in [1.54, 1.807) is 4.90 Å². The first-order valence-corrected chi connectivity index (χ1v) is 8.70. The molecule has 2 rings (SSSR count). The fourth-order valence-electron chi connectivity index (χ4n) is 2.69. The van der Waals surface area contributed by atoms with Gasteiger partial charge >= 0.3 is 12.2 Å². The lowest BCUT2D eigenvalue weighted by molar-refractivity contribution is 0.0405. The third-order valence-electron chi connectivity index (χ3n) is 4.12. The van der Waals surface area contributed by atoms with Crippen molar-refractivity contribution in [3.63, 3.8) is 0 Å². The maximum absolute atomic E-state index is 12.3. The molecule has 0 bridgehead atoms. The quantitative estimate of drug-likeness (QED) is 0.907. The standard InChI is InChI=1S/C19H28N2O4/c1-14-10-11-21(12-16(14)20-17(22)25-19(2,3)4)18(23)24-13-15-8-6-5-7-9-15/h5-9,14,16H,10-13H2,1-4H3,(H,20,22)/t14-,16+/m0/s1. The van der Waals surface area contributed by atoms with Crippen molar-refractivity contribution in [1.29, 1.82) is 0 Å². The van der Waals surface area contributed by atoms with E-state index in [1.807, 2.05) is 51.1 Å². The highest BCUT2D eigenvalue weighted by molar-refractivity contribution is 5.69. The van der Waals surface area contributed by atoms with Crippen LogP contribution in [0.2, 0.25) is 0 Å². The van der Waals surface area contributed by atoms with Gasteiger partial charge in [0.1, 0.15) is 12.2 Å². The van der Waals surface area contributed by atoms with Crippen molar-refractivity contribution in [1.82, 2.24) is 10.2 Å². The highest BCUT2D eigenvalue weighted by atomic mass is 16.6. The molecule has 2 atom stereocenters. The predicted molar refractivity (Wildman–Crippen MR) is 95.1 cm³/mol. The number of alkyl carbamates (subject to hydrolysis) is 1. The van der Waals surface area contributed by atoms with E-state index in [2.05, 4.69) is 12.2 Å². The average Bonchev–Trinajstić information content (AvgIpc) is 2.54. The number of carbonyl (C=O) groups is 2. The van der Waals surface area contributed by atoms with Crippen LogP contribution in [0.3, 0.4) is 0 Å². The van der Waals surface area contributed by atoms with E-state index in [0.29, 0.717) is 13.1 Å². The number of hydrogen-bond acceptors (Lipinski definition) is 4. The van der Waals surface area contributed by atoms with Gasteiger partial charge in [0.15, 0.2) is 0 Å². The molecular weight excluding hydrogens is 320 g/mol. The fourth-order valence-corrected chi connectivity index (χ4v) is 2.69. The van der Waals surface area contributed by atoms with Crippen LogP contribution in [0.4, 0.5) is 9.59 Å². The molecule has 25 heavy (non-hydrogen) atoms. The van der Waals surface area contributed by atoms with Gasteiger partial charge in [-0.1, -0.05) is 37.3 Å². The number of ether oxygens (including phenoxy) is 2. The molecule has 0 spiro atoms. The first kappa shape index (κ1) is 19.1. The Morgan fingerprint density at radius 3 is 2.56 bits per heavy atom. The minimum Gasteiger partial charge on any atom is -0.445 e. The minimum atomic E-state index is -0.545. The largest absolute Gasteiger partial charge is 0.445 e. The summed E-state index contributed by atoms with van der Waals surface area (Å²) in [7, 11) is 0. The molecule has 1 saturated heterocycles. The zero-order chi connectivity index (χ0) is 18.4. The van der Waals surface area contributed by atoms with Crippen LogP contribution in [-0.4, -0.2) is 41.8 Å². The van der Waals surface area contributed by atoms with Gasteiger partial charge in [-0.2, -0.15) is 0 Å². The van der Waals surface area contributed by atoms with Crippen molar-refractivity contribution in [2.45, 2.75) is 52.4 Å². The average molecular weight is 348 g/mol. The summed E-state index contributed by atoms with van der Waals surface area (Å²) < 4.78 is 10.7. The smallest absolute Gasteiger partial charge is 0.410 e. The Morgan fingerprint density at radius 2 is 1.92 bits per heavy atom. The molecule has 2 amide bonds. The van der Waals surface area contributed by atoms with Crippen molar-refractivity contribution in [3.05, 3.63) is 35.9 Å². The Hall–Kier alpha value is -2.24. The molecule has 0 unspecified atom stereocenters. The van der Waals surface area contributed by atoms with Crippen molar-refractivity contribution >= 4 is 12.2 Å². The molecule has 1 aliphatic heterocycles. The molecule has 1 N–H and O–H groups in total. The lowest BCUT2D eigenvalue weighted by atomic mass is 9.94. The molecule has 1 heterocycles. The monoisotopic (exact) mass is 348 g/mol. The summed E-state index contributed by atoms with van der Waals surface area (Å²) >= 11 is 0. The molecule has 6 heteroatoms.